The van der Waals surface area contributed by atoms with Gasteiger partial charge in [-0.25, -0.2) is 8.42 Å². The highest BCUT2D eigenvalue weighted by molar-refractivity contribution is 7.90. The van der Waals surface area contributed by atoms with Crippen molar-refractivity contribution in [2.24, 2.45) is 5.92 Å². The van der Waals surface area contributed by atoms with Crippen molar-refractivity contribution in [3.63, 3.8) is 0 Å². The largest absolute Gasteiger partial charge is 0.496 e. The fourth-order valence-corrected chi connectivity index (χ4v) is 3.62. The van der Waals surface area contributed by atoms with Crippen LogP contribution in [0.25, 0.3) is 0 Å². The Morgan fingerprint density at radius 2 is 2.05 bits per heavy atom. The normalized spacial score (nSPS) is 12.3. The zero-order chi connectivity index (χ0) is 16.0. The summed E-state index contributed by atoms with van der Waals surface area (Å²) >= 11 is 0. The Hall–Kier alpha value is -2.07. The highest BCUT2D eigenvalue weighted by Crippen LogP contribution is 2.23. The van der Waals surface area contributed by atoms with Crippen molar-refractivity contribution in [3.05, 3.63) is 29.3 Å². The summed E-state index contributed by atoms with van der Waals surface area (Å²) < 4.78 is 33.9. The van der Waals surface area contributed by atoms with Crippen LogP contribution >= 0.6 is 0 Å². The third-order valence-electron chi connectivity index (χ3n) is 2.89. The third kappa shape index (κ3) is 4.76. The van der Waals surface area contributed by atoms with Gasteiger partial charge < -0.3 is 9.47 Å². The van der Waals surface area contributed by atoms with Gasteiger partial charge >= 0.3 is 5.97 Å². The molecule has 1 atom stereocenters. The van der Waals surface area contributed by atoms with E-state index in [0.29, 0.717) is 16.9 Å². The number of rotatable bonds is 6. The molecule has 0 heterocycles. The summed E-state index contributed by atoms with van der Waals surface area (Å²) in [7, 11) is -0.898. The molecule has 0 aliphatic heterocycles. The lowest BCUT2D eigenvalue weighted by Crippen LogP contribution is -2.23. The first-order valence-electron chi connectivity index (χ1n) is 6.18. The molecule has 0 saturated carbocycles. The molecule has 0 spiro atoms. The summed E-state index contributed by atoms with van der Waals surface area (Å²) in [5, 5.41) is 8.87. The van der Waals surface area contributed by atoms with Crippen LogP contribution in [-0.4, -0.2) is 34.4 Å². The molecular weight excluding hydrogens is 294 g/mol. The Kier molecular flexibility index (Phi) is 5.73. The predicted octanol–water partition coefficient (Wildman–Crippen LogP) is 1.29. The summed E-state index contributed by atoms with van der Waals surface area (Å²) in [6, 6.07) is 6.52. The van der Waals surface area contributed by atoms with Crippen LogP contribution in [0.2, 0.25) is 0 Å². The first-order chi connectivity index (χ1) is 9.82. The zero-order valence-electron chi connectivity index (χ0n) is 12.1. The Morgan fingerprint density at radius 3 is 2.57 bits per heavy atom. The van der Waals surface area contributed by atoms with E-state index in [2.05, 4.69) is 4.74 Å². The third-order valence-corrected chi connectivity index (χ3v) is 4.65. The van der Waals surface area contributed by atoms with Gasteiger partial charge in [-0.3, -0.25) is 4.79 Å². The molecule has 0 aromatic heterocycles. The van der Waals surface area contributed by atoms with E-state index in [1.165, 1.54) is 27.2 Å². The lowest BCUT2D eigenvalue weighted by Gasteiger charge is -2.12. The molecular formula is C14H17NO5S. The minimum Gasteiger partial charge on any atom is -0.496 e. The molecule has 0 N–H and O–H groups in total. The molecule has 21 heavy (non-hydrogen) atoms. The van der Waals surface area contributed by atoms with Crippen LogP contribution in [0.5, 0.6) is 5.75 Å². The molecule has 1 aromatic rings. The molecule has 6 nitrogen and oxygen atoms in total. The average Bonchev–Trinajstić information content (AvgIpc) is 2.45. The first kappa shape index (κ1) is 17.0. The van der Waals surface area contributed by atoms with Crippen LogP contribution in [-0.2, 0) is 25.1 Å². The van der Waals surface area contributed by atoms with E-state index in [9.17, 15) is 13.2 Å². The van der Waals surface area contributed by atoms with E-state index in [1.54, 1.807) is 12.1 Å². The number of ether oxygens (including phenoxy) is 2. The van der Waals surface area contributed by atoms with Gasteiger partial charge in [0.15, 0.2) is 9.84 Å². The molecule has 0 bridgehead atoms. The Labute approximate surface area is 124 Å². The Balaban J connectivity index is 2.99. The van der Waals surface area contributed by atoms with E-state index >= 15 is 0 Å². The molecule has 0 amide bonds. The highest BCUT2D eigenvalue weighted by Gasteiger charge is 2.23. The number of sulfone groups is 1. The van der Waals surface area contributed by atoms with E-state index in [-0.39, 0.29) is 11.5 Å². The number of nitrogens with zero attached hydrogens (tertiary/aromatic N) is 1. The Bertz CT molecular complexity index is 660. The van der Waals surface area contributed by atoms with Gasteiger partial charge in [-0.1, -0.05) is 6.92 Å². The predicted molar refractivity (Wildman–Crippen MR) is 76.4 cm³/mol. The van der Waals surface area contributed by atoms with Gasteiger partial charge in [0.25, 0.3) is 0 Å². The van der Waals surface area contributed by atoms with Gasteiger partial charge in [0.1, 0.15) is 5.75 Å². The lowest BCUT2D eigenvalue weighted by molar-refractivity contribution is -0.144. The van der Waals surface area contributed by atoms with Gasteiger partial charge in [0.2, 0.25) is 0 Å². The zero-order valence-corrected chi connectivity index (χ0v) is 12.9. The van der Waals surface area contributed by atoms with Gasteiger partial charge in [-0.15, -0.1) is 0 Å². The van der Waals surface area contributed by atoms with Crippen LogP contribution in [0, 0.1) is 17.2 Å². The topological polar surface area (TPSA) is 93.5 Å². The number of esters is 1. The monoisotopic (exact) mass is 311 g/mol. The molecule has 1 rings (SSSR count). The van der Waals surface area contributed by atoms with E-state index in [1.807, 2.05) is 6.07 Å². The highest BCUT2D eigenvalue weighted by atomic mass is 32.2. The van der Waals surface area contributed by atoms with Crippen molar-refractivity contribution in [3.8, 4) is 11.8 Å². The summed E-state index contributed by atoms with van der Waals surface area (Å²) in [5.74, 6) is -1.54. The number of hydrogen-bond donors (Lipinski definition) is 0. The van der Waals surface area contributed by atoms with Crippen molar-refractivity contribution in [1.29, 1.82) is 5.26 Å². The second-order valence-electron chi connectivity index (χ2n) is 4.62. The second kappa shape index (κ2) is 7.09. The van der Waals surface area contributed by atoms with Crippen molar-refractivity contribution >= 4 is 15.8 Å². The number of carbonyl (C=O) groups excluding carboxylic acids is 1. The van der Waals surface area contributed by atoms with Crippen molar-refractivity contribution in [2.75, 3.05) is 20.0 Å². The number of benzene rings is 1. The molecule has 7 heteroatoms. The number of hydrogen-bond acceptors (Lipinski definition) is 6. The number of nitriles is 1. The van der Waals surface area contributed by atoms with Gasteiger partial charge in [0, 0.05) is 5.56 Å². The summed E-state index contributed by atoms with van der Waals surface area (Å²) in [5.41, 5.74) is 0.746. The summed E-state index contributed by atoms with van der Waals surface area (Å²) in [6.45, 7) is 1.49. The van der Waals surface area contributed by atoms with Gasteiger partial charge in [0.05, 0.1) is 43.3 Å². The molecule has 114 valence electrons. The second-order valence-corrected chi connectivity index (χ2v) is 6.73. The Morgan fingerprint density at radius 1 is 1.38 bits per heavy atom. The quantitative estimate of drug-likeness (QED) is 0.735. The maximum Gasteiger partial charge on any atom is 0.309 e. The fourth-order valence-electron chi connectivity index (χ4n) is 1.91. The van der Waals surface area contributed by atoms with Gasteiger partial charge in [-0.2, -0.15) is 5.26 Å². The van der Waals surface area contributed by atoms with Crippen LogP contribution in [0.3, 0.4) is 0 Å². The summed E-state index contributed by atoms with van der Waals surface area (Å²) in [4.78, 5) is 11.3. The number of methoxy groups -OCH3 is 2. The van der Waals surface area contributed by atoms with Crippen LogP contribution in [0.4, 0.5) is 0 Å². The lowest BCUT2D eigenvalue weighted by atomic mass is 10.1. The minimum atomic E-state index is -3.54. The van der Waals surface area contributed by atoms with Crippen molar-refractivity contribution in [2.45, 2.75) is 12.7 Å². The molecule has 0 aliphatic rings. The average molecular weight is 311 g/mol. The molecule has 0 radical (unpaired) electrons. The smallest absolute Gasteiger partial charge is 0.309 e. The first-order valence-corrected chi connectivity index (χ1v) is 8.00. The van der Waals surface area contributed by atoms with E-state index in [0.717, 1.165) is 0 Å². The van der Waals surface area contributed by atoms with Crippen molar-refractivity contribution in [1.82, 2.24) is 0 Å². The van der Waals surface area contributed by atoms with E-state index in [4.69, 9.17) is 10.00 Å². The van der Waals surface area contributed by atoms with Crippen molar-refractivity contribution < 1.29 is 22.7 Å². The van der Waals surface area contributed by atoms with Gasteiger partial charge in [-0.05, 0) is 18.2 Å². The molecule has 0 aliphatic carbocycles. The maximum absolute atomic E-state index is 12.2. The SMILES string of the molecule is COC(=O)C(C)CS(=O)(=O)Cc1cc(C#N)ccc1OC. The standard InChI is InChI=1S/C14H17NO5S/c1-10(14(16)20-3)8-21(17,18)9-12-6-11(7-15)4-5-13(12)19-2/h4-6,10H,8-9H2,1-3H3. The summed E-state index contributed by atoms with van der Waals surface area (Å²) in [6.07, 6.45) is 0. The van der Waals surface area contributed by atoms with E-state index < -0.39 is 21.7 Å². The maximum atomic E-state index is 12.2. The van der Waals surface area contributed by atoms with Crippen LogP contribution in [0.1, 0.15) is 18.1 Å². The fraction of sp³-hybridized carbons (Fsp3) is 0.429. The molecule has 0 fully saturated rings. The minimum absolute atomic E-state index is 0.299. The molecule has 0 saturated heterocycles. The van der Waals surface area contributed by atoms with Crippen LogP contribution in [0.15, 0.2) is 18.2 Å². The number of carbonyl (C=O) groups is 1. The molecule has 1 unspecified atom stereocenters. The molecule has 1 aromatic carbocycles. The van der Waals surface area contributed by atoms with Crippen LogP contribution < -0.4 is 4.74 Å².